The van der Waals surface area contributed by atoms with Crippen molar-refractivity contribution in [3.05, 3.63) is 60.4 Å². The van der Waals surface area contributed by atoms with Crippen LogP contribution in [0.1, 0.15) is 12.7 Å². The highest BCUT2D eigenvalue weighted by Gasteiger charge is 2.03. The minimum Gasteiger partial charge on any atom is -0.342 e. The number of hydrogen-bond acceptors (Lipinski definition) is 3. The molecule has 100 valence electrons. The van der Waals surface area contributed by atoms with Crippen molar-refractivity contribution in [3.8, 4) is 0 Å². The van der Waals surface area contributed by atoms with Gasteiger partial charge in [-0.15, -0.1) is 0 Å². The molecule has 0 unspecified atom stereocenters. The molecule has 0 aliphatic carbocycles. The standard InChI is InChI=1S/C16H16N4/c1-12(19-20-13-7-3-2-4-8-13)11-16-17-14-9-5-6-10-15(14)18-16/h2-10,20H,11H2,1H3,(H,17,18)/b19-12+. The first-order chi connectivity index (χ1) is 9.81. The number of imidazole rings is 1. The van der Waals surface area contributed by atoms with Gasteiger partial charge >= 0.3 is 0 Å². The Balaban J connectivity index is 1.70. The number of anilines is 1. The van der Waals surface area contributed by atoms with Gasteiger partial charge < -0.3 is 4.98 Å². The van der Waals surface area contributed by atoms with Gasteiger partial charge in [0.05, 0.1) is 16.7 Å². The van der Waals surface area contributed by atoms with Crippen LogP contribution in [-0.2, 0) is 6.42 Å². The molecule has 0 radical (unpaired) electrons. The molecule has 0 amide bonds. The minimum atomic E-state index is 0.703. The van der Waals surface area contributed by atoms with Gasteiger partial charge in [-0.3, -0.25) is 5.43 Å². The number of para-hydroxylation sites is 3. The zero-order valence-electron chi connectivity index (χ0n) is 11.3. The quantitative estimate of drug-likeness (QED) is 0.559. The molecule has 4 heteroatoms. The number of aromatic amines is 1. The highest BCUT2D eigenvalue weighted by molar-refractivity contribution is 5.85. The number of fused-ring (bicyclic) bond motifs is 1. The summed E-state index contributed by atoms with van der Waals surface area (Å²) in [5.74, 6) is 0.933. The van der Waals surface area contributed by atoms with Gasteiger partial charge in [-0.2, -0.15) is 5.10 Å². The number of nitrogens with zero attached hydrogens (tertiary/aromatic N) is 2. The Morgan fingerprint density at radius 3 is 2.65 bits per heavy atom. The van der Waals surface area contributed by atoms with E-state index in [9.17, 15) is 0 Å². The van der Waals surface area contributed by atoms with E-state index in [2.05, 4.69) is 20.5 Å². The van der Waals surface area contributed by atoms with Crippen LogP contribution in [0.5, 0.6) is 0 Å². The molecule has 0 aliphatic rings. The number of H-pyrrole nitrogens is 1. The fraction of sp³-hybridized carbons (Fsp3) is 0.125. The first-order valence-corrected chi connectivity index (χ1v) is 6.59. The van der Waals surface area contributed by atoms with E-state index in [0.29, 0.717) is 6.42 Å². The first kappa shape index (κ1) is 12.4. The summed E-state index contributed by atoms with van der Waals surface area (Å²) < 4.78 is 0. The molecule has 1 heterocycles. The lowest BCUT2D eigenvalue weighted by Gasteiger charge is -2.01. The van der Waals surface area contributed by atoms with E-state index in [4.69, 9.17) is 0 Å². The molecule has 4 nitrogen and oxygen atoms in total. The SMILES string of the molecule is C/C(Cc1nc2ccccc2[nH]1)=N\Nc1ccccc1. The maximum atomic E-state index is 4.54. The zero-order chi connectivity index (χ0) is 13.8. The van der Waals surface area contributed by atoms with Crippen LogP contribution < -0.4 is 5.43 Å². The van der Waals surface area contributed by atoms with E-state index in [1.165, 1.54) is 0 Å². The molecule has 0 bridgehead atoms. The monoisotopic (exact) mass is 264 g/mol. The van der Waals surface area contributed by atoms with Gasteiger partial charge in [0.2, 0.25) is 0 Å². The van der Waals surface area contributed by atoms with Crippen molar-refractivity contribution in [1.29, 1.82) is 0 Å². The normalized spacial score (nSPS) is 11.8. The van der Waals surface area contributed by atoms with Gasteiger partial charge in [0.25, 0.3) is 0 Å². The Hall–Kier alpha value is -2.62. The topological polar surface area (TPSA) is 53.1 Å². The predicted molar refractivity (Wildman–Crippen MR) is 83.0 cm³/mol. The molecule has 0 atom stereocenters. The van der Waals surface area contributed by atoms with Gasteiger partial charge in [0.15, 0.2) is 0 Å². The third-order valence-corrected chi connectivity index (χ3v) is 3.01. The molecular formula is C16H16N4. The first-order valence-electron chi connectivity index (χ1n) is 6.59. The van der Waals surface area contributed by atoms with Crippen LogP contribution >= 0.6 is 0 Å². The van der Waals surface area contributed by atoms with Crippen molar-refractivity contribution in [2.75, 3.05) is 5.43 Å². The summed E-state index contributed by atoms with van der Waals surface area (Å²) in [7, 11) is 0. The van der Waals surface area contributed by atoms with E-state index < -0.39 is 0 Å². The minimum absolute atomic E-state index is 0.703. The van der Waals surface area contributed by atoms with Gasteiger partial charge in [-0.1, -0.05) is 30.3 Å². The second-order valence-corrected chi connectivity index (χ2v) is 4.70. The highest BCUT2D eigenvalue weighted by atomic mass is 15.3. The summed E-state index contributed by atoms with van der Waals surface area (Å²) in [4.78, 5) is 7.85. The molecule has 1 aromatic heterocycles. The van der Waals surface area contributed by atoms with Gasteiger partial charge in [0, 0.05) is 12.1 Å². The lowest BCUT2D eigenvalue weighted by Crippen LogP contribution is -2.03. The zero-order valence-corrected chi connectivity index (χ0v) is 11.3. The maximum absolute atomic E-state index is 4.54. The molecule has 3 rings (SSSR count). The number of aromatic nitrogens is 2. The van der Waals surface area contributed by atoms with Gasteiger partial charge in [-0.05, 0) is 31.2 Å². The van der Waals surface area contributed by atoms with E-state index in [1.54, 1.807) is 0 Å². The molecule has 0 spiro atoms. The molecule has 3 aromatic rings. The highest BCUT2D eigenvalue weighted by Crippen LogP contribution is 2.11. The summed E-state index contributed by atoms with van der Waals surface area (Å²) in [6.45, 7) is 1.99. The lowest BCUT2D eigenvalue weighted by atomic mass is 10.3. The molecule has 0 fully saturated rings. The molecule has 2 aromatic carbocycles. The largest absolute Gasteiger partial charge is 0.342 e. The molecular weight excluding hydrogens is 248 g/mol. The number of nitrogens with one attached hydrogen (secondary N) is 2. The van der Waals surface area contributed by atoms with E-state index in [-0.39, 0.29) is 0 Å². The maximum Gasteiger partial charge on any atom is 0.112 e. The second kappa shape index (κ2) is 5.57. The Kier molecular flexibility index (Phi) is 3.46. The molecule has 0 saturated heterocycles. The van der Waals surface area contributed by atoms with Crippen LogP contribution in [-0.4, -0.2) is 15.7 Å². The number of benzene rings is 2. The summed E-state index contributed by atoms with van der Waals surface area (Å²) in [5.41, 5.74) is 7.06. The molecule has 0 saturated carbocycles. The van der Waals surface area contributed by atoms with E-state index >= 15 is 0 Å². The average molecular weight is 264 g/mol. The summed E-state index contributed by atoms with van der Waals surface area (Å²) in [6, 6.07) is 17.9. The molecule has 0 aliphatic heterocycles. The van der Waals surface area contributed by atoms with Crippen LogP contribution in [0, 0.1) is 0 Å². The van der Waals surface area contributed by atoms with Crippen molar-refractivity contribution in [3.63, 3.8) is 0 Å². The number of hydrazone groups is 1. The van der Waals surface area contributed by atoms with Gasteiger partial charge in [-0.25, -0.2) is 4.98 Å². The fourth-order valence-electron chi connectivity index (χ4n) is 2.04. The lowest BCUT2D eigenvalue weighted by molar-refractivity contribution is 1.09. The van der Waals surface area contributed by atoms with Gasteiger partial charge in [0.1, 0.15) is 5.82 Å². The van der Waals surface area contributed by atoms with Crippen molar-refractivity contribution in [1.82, 2.24) is 9.97 Å². The Morgan fingerprint density at radius 1 is 1.10 bits per heavy atom. The smallest absolute Gasteiger partial charge is 0.112 e. The Morgan fingerprint density at radius 2 is 1.85 bits per heavy atom. The van der Waals surface area contributed by atoms with Crippen LogP contribution in [0.25, 0.3) is 11.0 Å². The third-order valence-electron chi connectivity index (χ3n) is 3.01. The van der Waals surface area contributed by atoms with Crippen LogP contribution in [0.2, 0.25) is 0 Å². The summed E-state index contributed by atoms with van der Waals surface area (Å²) in [5, 5.41) is 4.37. The van der Waals surface area contributed by atoms with Crippen molar-refractivity contribution < 1.29 is 0 Å². The molecule has 20 heavy (non-hydrogen) atoms. The predicted octanol–water partition coefficient (Wildman–Crippen LogP) is 3.59. The van der Waals surface area contributed by atoms with Crippen molar-refractivity contribution in [2.24, 2.45) is 5.10 Å². The Labute approximate surface area is 117 Å². The van der Waals surface area contributed by atoms with E-state index in [1.807, 2.05) is 61.5 Å². The van der Waals surface area contributed by atoms with Crippen LogP contribution in [0.3, 0.4) is 0 Å². The van der Waals surface area contributed by atoms with Crippen LogP contribution in [0.4, 0.5) is 5.69 Å². The fourth-order valence-corrected chi connectivity index (χ4v) is 2.04. The third kappa shape index (κ3) is 2.85. The number of hydrogen-bond donors (Lipinski definition) is 2. The molecule has 2 N–H and O–H groups in total. The summed E-state index contributed by atoms with van der Waals surface area (Å²) >= 11 is 0. The van der Waals surface area contributed by atoms with Crippen molar-refractivity contribution >= 4 is 22.4 Å². The number of rotatable bonds is 4. The second-order valence-electron chi connectivity index (χ2n) is 4.70. The Bertz CT molecular complexity index is 695. The van der Waals surface area contributed by atoms with Crippen molar-refractivity contribution in [2.45, 2.75) is 13.3 Å². The summed E-state index contributed by atoms with van der Waals surface area (Å²) in [6.07, 6.45) is 0.703. The van der Waals surface area contributed by atoms with E-state index in [0.717, 1.165) is 28.3 Å². The average Bonchev–Trinajstić information content (AvgIpc) is 2.88. The van der Waals surface area contributed by atoms with Crippen LogP contribution in [0.15, 0.2) is 59.7 Å².